The van der Waals surface area contributed by atoms with Gasteiger partial charge in [-0.25, -0.2) is 14.2 Å². The fourth-order valence-electron chi connectivity index (χ4n) is 2.94. The van der Waals surface area contributed by atoms with Crippen LogP contribution in [0.15, 0.2) is 36.2 Å². The van der Waals surface area contributed by atoms with Gasteiger partial charge in [-0.15, -0.1) is 0 Å². The van der Waals surface area contributed by atoms with Gasteiger partial charge >= 0.3 is 6.09 Å². The van der Waals surface area contributed by atoms with E-state index < -0.39 is 5.60 Å². The molecule has 7 heteroatoms. The van der Waals surface area contributed by atoms with Gasteiger partial charge in [-0.1, -0.05) is 17.7 Å². The molecule has 1 saturated heterocycles. The number of amides is 1. The van der Waals surface area contributed by atoms with Crippen molar-refractivity contribution >= 4 is 11.8 Å². The Bertz CT molecular complexity index is 672. The summed E-state index contributed by atoms with van der Waals surface area (Å²) in [6, 6.07) is 6.46. The van der Waals surface area contributed by atoms with E-state index in [1.807, 2.05) is 20.8 Å². The van der Waals surface area contributed by atoms with E-state index in [-0.39, 0.29) is 17.8 Å². The molecule has 136 valence electrons. The second-order valence-corrected chi connectivity index (χ2v) is 7.31. The van der Waals surface area contributed by atoms with E-state index in [2.05, 4.69) is 5.59 Å². The highest BCUT2D eigenvalue weighted by molar-refractivity contribution is 5.68. The molecule has 0 unspecified atom stereocenters. The fraction of sp³-hybridized carbons (Fsp3) is 0.500. The summed E-state index contributed by atoms with van der Waals surface area (Å²) in [4.78, 5) is 19.5. The van der Waals surface area contributed by atoms with Crippen molar-refractivity contribution in [1.82, 2.24) is 10.5 Å². The molecule has 0 spiro atoms. The van der Waals surface area contributed by atoms with Gasteiger partial charge in [-0.2, -0.15) is 0 Å². The second-order valence-electron chi connectivity index (χ2n) is 7.31. The van der Waals surface area contributed by atoms with Crippen LogP contribution in [0.4, 0.5) is 14.9 Å². The maximum absolute atomic E-state index is 13.9. The van der Waals surface area contributed by atoms with Gasteiger partial charge in [0.25, 0.3) is 0 Å². The Hall–Kier alpha value is -2.28. The summed E-state index contributed by atoms with van der Waals surface area (Å²) in [5, 5.41) is 1.51. The first-order chi connectivity index (χ1) is 11.8. The number of hydrogen-bond donors (Lipinski definition) is 1. The maximum Gasteiger partial charge on any atom is 0.410 e. The Morgan fingerprint density at radius 3 is 2.84 bits per heavy atom. The number of ether oxygens (including phenoxy) is 1. The summed E-state index contributed by atoms with van der Waals surface area (Å²) in [6.45, 7) is 6.75. The van der Waals surface area contributed by atoms with Crippen molar-refractivity contribution < 1.29 is 18.8 Å². The molecule has 0 aliphatic carbocycles. The monoisotopic (exact) mass is 349 g/mol. The van der Waals surface area contributed by atoms with Crippen LogP contribution in [0.25, 0.3) is 0 Å². The van der Waals surface area contributed by atoms with Crippen LogP contribution >= 0.6 is 0 Å². The molecule has 25 heavy (non-hydrogen) atoms. The summed E-state index contributed by atoms with van der Waals surface area (Å²) in [5.41, 5.74) is 2.58. The summed E-state index contributed by atoms with van der Waals surface area (Å²) >= 11 is 0. The molecule has 6 nitrogen and oxygen atoms in total. The van der Waals surface area contributed by atoms with E-state index >= 15 is 0 Å². The molecule has 0 saturated carbocycles. The third kappa shape index (κ3) is 4.22. The van der Waals surface area contributed by atoms with Crippen molar-refractivity contribution in [2.24, 2.45) is 5.92 Å². The van der Waals surface area contributed by atoms with E-state index in [0.717, 1.165) is 12.8 Å². The third-order valence-corrected chi connectivity index (χ3v) is 4.11. The van der Waals surface area contributed by atoms with Gasteiger partial charge in [0.2, 0.25) is 0 Å². The van der Waals surface area contributed by atoms with Crippen molar-refractivity contribution in [3.05, 3.63) is 42.0 Å². The summed E-state index contributed by atoms with van der Waals surface area (Å²) in [5.74, 6) is 0.400. The van der Waals surface area contributed by atoms with Gasteiger partial charge in [0, 0.05) is 19.0 Å². The van der Waals surface area contributed by atoms with Crippen molar-refractivity contribution in [3.8, 4) is 0 Å². The zero-order valence-electron chi connectivity index (χ0n) is 14.8. The topological polar surface area (TPSA) is 54.0 Å². The van der Waals surface area contributed by atoms with Crippen LogP contribution in [0.2, 0.25) is 0 Å². The molecule has 1 fully saturated rings. The number of para-hydroxylation sites is 1. The smallest absolute Gasteiger partial charge is 0.410 e. The van der Waals surface area contributed by atoms with Crippen molar-refractivity contribution in [3.63, 3.8) is 0 Å². The number of rotatable bonds is 2. The average molecular weight is 349 g/mol. The number of nitrogens with zero attached hydrogens (tertiary/aromatic N) is 2. The standard InChI is InChI=1S/C18H24FN3O3/c1-18(2,3)24-17(23)21-10-6-7-13(11-21)16-12-22(20-25-16)15-9-5-4-8-14(15)19/h4-5,8-9,12-13,20H,6-7,10-11H2,1-3H3/t13-/m0/s1. The van der Waals surface area contributed by atoms with Gasteiger partial charge in [-0.05, 0) is 45.7 Å². The number of halogens is 1. The van der Waals surface area contributed by atoms with E-state index in [1.165, 1.54) is 11.1 Å². The van der Waals surface area contributed by atoms with Crippen molar-refractivity contribution in [1.29, 1.82) is 0 Å². The van der Waals surface area contributed by atoms with Crippen LogP contribution in [-0.2, 0) is 9.57 Å². The van der Waals surface area contributed by atoms with Gasteiger partial charge in [0.1, 0.15) is 17.2 Å². The average Bonchev–Trinajstić information content (AvgIpc) is 3.03. The number of hydrazine groups is 1. The Labute approximate surface area is 147 Å². The fourth-order valence-corrected chi connectivity index (χ4v) is 2.94. The molecule has 1 amide bonds. The number of benzene rings is 1. The molecule has 2 aliphatic heterocycles. The minimum Gasteiger partial charge on any atom is -0.444 e. The number of nitrogens with one attached hydrogen (secondary N) is 1. The highest BCUT2D eigenvalue weighted by Crippen LogP contribution is 2.29. The minimum atomic E-state index is -0.518. The number of piperidine rings is 1. The molecule has 0 radical (unpaired) electrons. The zero-order valence-corrected chi connectivity index (χ0v) is 14.8. The second kappa shape index (κ2) is 6.92. The Kier molecular flexibility index (Phi) is 4.85. The lowest BCUT2D eigenvalue weighted by Crippen LogP contribution is -2.43. The number of carbonyl (C=O) groups is 1. The van der Waals surface area contributed by atoms with E-state index in [0.29, 0.717) is 24.5 Å². The van der Waals surface area contributed by atoms with Crippen molar-refractivity contribution in [2.45, 2.75) is 39.2 Å². The number of carbonyl (C=O) groups excluding carboxylic acids is 1. The molecule has 1 aromatic carbocycles. The predicted octanol–water partition coefficient (Wildman–Crippen LogP) is 3.57. The Morgan fingerprint density at radius 2 is 2.12 bits per heavy atom. The lowest BCUT2D eigenvalue weighted by molar-refractivity contribution is 0.0131. The molecule has 1 N–H and O–H groups in total. The molecule has 0 bridgehead atoms. The van der Waals surface area contributed by atoms with Crippen LogP contribution in [0, 0.1) is 11.7 Å². The Morgan fingerprint density at radius 1 is 1.36 bits per heavy atom. The lowest BCUT2D eigenvalue weighted by atomic mass is 9.96. The molecule has 1 atom stereocenters. The summed E-state index contributed by atoms with van der Waals surface area (Å²) in [6.07, 6.45) is 3.19. The van der Waals surface area contributed by atoms with Gasteiger partial charge < -0.3 is 14.5 Å². The summed E-state index contributed by atoms with van der Waals surface area (Å²) < 4.78 is 19.3. The van der Waals surface area contributed by atoms with Crippen molar-refractivity contribution in [2.75, 3.05) is 18.1 Å². The largest absolute Gasteiger partial charge is 0.444 e. The number of anilines is 1. The quantitative estimate of drug-likeness (QED) is 0.885. The molecule has 3 rings (SSSR count). The normalized spacial score (nSPS) is 21.0. The van der Waals surface area contributed by atoms with Gasteiger partial charge in [0.15, 0.2) is 0 Å². The van der Waals surface area contributed by atoms with E-state index in [4.69, 9.17) is 9.57 Å². The number of likely N-dealkylation sites (tertiary alicyclic amines) is 1. The van der Waals surface area contributed by atoms with Crippen LogP contribution in [0.3, 0.4) is 0 Å². The summed E-state index contributed by atoms with van der Waals surface area (Å²) in [7, 11) is 0. The molecular weight excluding hydrogens is 325 g/mol. The number of hydrogen-bond acceptors (Lipinski definition) is 5. The Balaban J connectivity index is 1.67. The van der Waals surface area contributed by atoms with Crippen LogP contribution in [-0.4, -0.2) is 29.7 Å². The highest BCUT2D eigenvalue weighted by Gasteiger charge is 2.32. The van der Waals surface area contributed by atoms with E-state index in [1.54, 1.807) is 29.3 Å². The predicted molar refractivity (Wildman–Crippen MR) is 91.7 cm³/mol. The molecule has 1 aromatic rings. The first-order valence-corrected chi connectivity index (χ1v) is 8.49. The first-order valence-electron chi connectivity index (χ1n) is 8.49. The molecule has 0 aromatic heterocycles. The van der Waals surface area contributed by atoms with E-state index in [9.17, 15) is 9.18 Å². The molecular formula is C18H24FN3O3. The highest BCUT2D eigenvalue weighted by atomic mass is 19.1. The molecule has 2 aliphatic rings. The third-order valence-electron chi connectivity index (χ3n) is 4.11. The zero-order chi connectivity index (χ0) is 18.0. The minimum absolute atomic E-state index is 0.0468. The van der Waals surface area contributed by atoms with Gasteiger partial charge in [0.05, 0.1) is 11.9 Å². The SMILES string of the molecule is CC(C)(C)OC(=O)N1CCC[C@H](C2=CN(c3ccccc3F)NO2)C1. The van der Waals surface area contributed by atoms with Crippen LogP contribution < -0.4 is 10.6 Å². The first kappa shape index (κ1) is 17.5. The molecule has 2 heterocycles. The maximum atomic E-state index is 13.9. The van der Waals surface area contributed by atoms with Gasteiger partial charge in [-0.3, -0.25) is 0 Å². The van der Waals surface area contributed by atoms with Crippen LogP contribution in [0.1, 0.15) is 33.6 Å². The lowest BCUT2D eigenvalue weighted by Gasteiger charge is -2.33. The van der Waals surface area contributed by atoms with Crippen LogP contribution in [0.5, 0.6) is 0 Å².